The predicted molar refractivity (Wildman–Crippen MR) is 143 cm³/mol. The molecule has 0 saturated heterocycles. The minimum absolute atomic E-state index is 0.104. The van der Waals surface area contributed by atoms with E-state index in [1.54, 1.807) is 24.5 Å². The van der Waals surface area contributed by atoms with E-state index < -0.39 is 17.0 Å². The van der Waals surface area contributed by atoms with Crippen molar-refractivity contribution < 1.29 is 13.6 Å². The molecule has 9 heteroatoms. The summed E-state index contributed by atoms with van der Waals surface area (Å²) in [7, 11) is 0. The molecule has 3 aromatic heterocycles. The number of aromatic nitrogens is 5. The maximum atomic E-state index is 14.5. The molecule has 4 aromatic rings. The van der Waals surface area contributed by atoms with Gasteiger partial charge in [-0.15, -0.1) is 5.10 Å². The van der Waals surface area contributed by atoms with Crippen molar-refractivity contribution in [3.8, 4) is 22.6 Å². The highest BCUT2D eigenvalue weighted by Crippen LogP contribution is 2.69. The van der Waals surface area contributed by atoms with Crippen LogP contribution in [0.5, 0.6) is 0 Å². The molecule has 0 aliphatic heterocycles. The number of hydrogen-bond donors (Lipinski definition) is 1. The number of fused-ring (bicyclic) bond motifs is 5. The summed E-state index contributed by atoms with van der Waals surface area (Å²) >= 11 is 0. The minimum atomic E-state index is -0.662. The number of amides is 1. The lowest BCUT2D eigenvalue weighted by atomic mass is 9.66. The smallest absolute Gasteiger partial charge is 0.228 e. The first-order valence-electron chi connectivity index (χ1n) is 13.1. The van der Waals surface area contributed by atoms with Crippen molar-refractivity contribution in [2.24, 2.45) is 11.3 Å². The molecule has 7 nitrogen and oxygen atoms in total. The van der Waals surface area contributed by atoms with Gasteiger partial charge in [0.2, 0.25) is 5.91 Å². The Morgan fingerprint density at radius 1 is 1.05 bits per heavy atom. The number of halogens is 2. The molecule has 1 saturated carbocycles. The highest BCUT2D eigenvalue weighted by Gasteiger charge is 2.65. The lowest BCUT2D eigenvalue weighted by Crippen LogP contribution is -2.38. The van der Waals surface area contributed by atoms with Gasteiger partial charge in [-0.25, -0.2) is 23.7 Å². The van der Waals surface area contributed by atoms with Crippen LogP contribution in [0.3, 0.4) is 0 Å². The summed E-state index contributed by atoms with van der Waals surface area (Å²) in [5.74, 6) is -0.456. The van der Waals surface area contributed by atoms with Crippen molar-refractivity contribution >= 4 is 11.7 Å². The summed E-state index contributed by atoms with van der Waals surface area (Å²) in [4.78, 5) is 25.9. The summed E-state index contributed by atoms with van der Waals surface area (Å²) in [6.45, 7) is 8.04. The second-order valence-electron chi connectivity index (χ2n) is 11.2. The summed E-state index contributed by atoms with van der Waals surface area (Å²) in [5.41, 5.74) is 2.57. The number of benzene rings is 1. The SMILES string of the molecule is CC(C)C(=O)Nc1ccc(-c2nccc([C@@]34CC[C@@H](c5cc(-c6c(F)cccc6F)nnc53)C4(C)C)n2)cn1. The predicted octanol–water partition coefficient (Wildman–Crippen LogP) is 6.07. The van der Waals surface area contributed by atoms with E-state index in [-0.39, 0.29) is 34.4 Å². The zero-order valence-electron chi connectivity index (χ0n) is 22.2. The normalized spacial score (nSPS) is 20.7. The second kappa shape index (κ2) is 8.97. The standard InChI is InChI=1S/C30H28F2N6O/c1-16(2)28(39)36-24-9-8-17(15-34-24)27-33-13-11-23(35-27)30-12-10-19(29(30,3)4)18-14-22(37-38-26(18)30)25-20(31)6-5-7-21(25)32/h5-9,11,13-16,19H,10,12H2,1-4H3,(H,34,36,39)/t19-,30-/m0/s1. The van der Waals surface area contributed by atoms with Crippen molar-refractivity contribution in [3.05, 3.63) is 83.4 Å². The van der Waals surface area contributed by atoms with Crippen molar-refractivity contribution in [3.63, 3.8) is 0 Å². The molecule has 2 aliphatic rings. The third-order valence-electron chi connectivity index (χ3n) is 8.49. The molecule has 2 bridgehead atoms. The molecule has 3 heterocycles. The van der Waals surface area contributed by atoms with E-state index in [0.29, 0.717) is 11.6 Å². The molecule has 0 radical (unpaired) electrons. The number of carbonyl (C=O) groups excluding carboxylic acids is 1. The van der Waals surface area contributed by atoms with Gasteiger partial charge in [0.15, 0.2) is 5.82 Å². The van der Waals surface area contributed by atoms with Crippen LogP contribution in [0.4, 0.5) is 14.6 Å². The Morgan fingerprint density at radius 2 is 1.82 bits per heavy atom. The Morgan fingerprint density at radius 3 is 2.51 bits per heavy atom. The molecule has 1 aromatic carbocycles. The van der Waals surface area contributed by atoms with Gasteiger partial charge in [-0.1, -0.05) is 33.8 Å². The lowest BCUT2D eigenvalue weighted by Gasteiger charge is -2.37. The van der Waals surface area contributed by atoms with E-state index in [1.165, 1.54) is 18.2 Å². The summed E-state index contributed by atoms with van der Waals surface area (Å²) in [6, 6.07) is 11.1. The summed E-state index contributed by atoms with van der Waals surface area (Å²) in [5, 5.41) is 11.7. The van der Waals surface area contributed by atoms with Crippen LogP contribution in [0, 0.1) is 23.0 Å². The van der Waals surface area contributed by atoms with Crippen LogP contribution in [0.25, 0.3) is 22.6 Å². The second-order valence-corrected chi connectivity index (χ2v) is 11.2. The third kappa shape index (κ3) is 3.74. The first-order valence-corrected chi connectivity index (χ1v) is 13.1. The molecule has 2 atom stereocenters. The monoisotopic (exact) mass is 526 g/mol. The summed E-state index contributed by atoms with van der Waals surface area (Å²) in [6.07, 6.45) is 5.11. The Hall–Kier alpha value is -4.14. The molecule has 0 spiro atoms. The van der Waals surface area contributed by atoms with Crippen LogP contribution in [0.15, 0.2) is 54.9 Å². The maximum absolute atomic E-state index is 14.5. The van der Waals surface area contributed by atoms with Gasteiger partial charge < -0.3 is 5.32 Å². The first kappa shape index (κ1) is 25.2. The Kier molecular flexibility index (Phi) is 5.78. The van der Waals surface area contributed by atoms with Crippen LogP contribution >= 0.6 is 0 Å². The molecule has 2 aliphatic carbocycles. The minimum Gasteiger partial charge on any atom is -0.310 e. The zero-order valence-corrected chi connectivity index (χ0v) is 22.2. The number of anilines is 1. The topological polar surface area (TPSA) is 93.6 Å². The van der Waals surface area contributed by atoms with Crippen LogP contribution in [-0.2, 0) is 10.2 Å². The van der Waals surface area contributed by atoms with E-state index in [2.05, 4.69) is 39.3 Å². The molecule has 1 amide bonds. The highest BCUT2D eigenvalue weighted by molar-refractivity contribution is 5.91. The quantitative estimate of drug-likeness (QED) is 0.339. The van der Waals surface area contributed by atoms with E-state index in [0.717, 1.165) is 35.4 Å². The number of nitrogens with zero attached hydrogens (tertiary/aromatic N) is 5. The van der Waals surface area contributed by atoms with Crippen molar-refractivity contribution in [2.75, 3.05) is 5.32 Å². The third-order valence-corrected chi connectivity index (χ3v) is 8.49. The number of pyridine rings is 1. The average Bonchev–Trinajstić information content (AvgIpc) is 3.30. The van der Waals surface area contributed by atoms with Gasteiger partial charge in [0.25, 0.3) is 0 Å². The fourth-order valence-corrected chi connectivity index (χ4v) is 6.36. The van der Waals surface area contributed by atoms with Gasteiger partial charge >= 0.3 is 0 Å². The molecule has 39 heavy (non-hydrogen) atoms. The molecular weight excluding hydrogens is 498 g/mol. The van der Waals surface area contributed by atoms with Gasteiger partial charge in [-0.05, 0) is 66.1 Å². The van der Waals surface area contributed by atoms with Crippen molar-refractivity contribution in [2.45, 2.75) is 51.9 Å². The largest absolute Gasteiger partial charge is 0.310 e. The van der Waals surface area contributed by atoms with E-state index in [9.17, 15) is 13.6 Å². The lowest BCUT2D eigenvalue weighted by molar-refractivity contribution is -0.118. The molecule has 1 N–H and O–H groups in total. The van der Waals surface area contributed by atoms with E-state index in [4.69, 9.17) is 4.98 Å². The molecule has 6 rings (SSSR count). The number of hydrogen-bond acceptors (Lipinski definition) is 6. The fourth-order valence-electron chi connectivity index (χ4n) is 6.36. The molecule has 1 fully saturated rings. The zero-order chi connectivity index (χ0) is 27.5. The highest BCUT2D eigenvalue weighted by atomic mass is 19.1. The van der Waals surface area contributed by atoms with Crippen LogP contribution in [0.1, 0.15) is 63.4 Å². The van der Waals surface area contributed by atoms with E-state index in [1.807, 2.05) is 26.0 Å². The fraction of sp³-hybridized carbons (Fsp3) is 0.333. The molecule has 198 valence electrons. The van der Waals surface area contributed by atoms with Crippen LogP contribution in [0.2, 0.25) is 0 Å². The maximum Gasteiger partial charge on any atom is 0.228 e. The number of nitrogens with one attached hydrogen (secondary N) is 1. The van der Waals surface area contributed by atoms with Gasteiger partial charge in [0.1, 0.15) is 17.5 Å². The number of carbonyl (C=O) groups is 1. The average molecular weight is 527 g/mol. The molecule has 0 unspecified atom stereocenters. The van der Waals surface area contributed by atoms with Gasteiger partial charge in [-0.2, -0.15) is 5.10 Å². The molecular formula is C30H28F2N6O. The van der Waals surface area contributed by atoms with Gasteiger partial charge in [-0.3, -0.25) is 4.79 Å². The Labute approximate surface area is 225 Å². The van der Waals surface area contributed by atoms with Gasteiger partial charge in [0.05, 0.1) is 28.1 Å². The Bertz CT molecular complexity index is 1580. The Balaban J connectivity index is 1.40. The van der Waals surface area contributed by atoms with Crippen molar-refractivity contribution in [1.82, 2.24) is 25.1 Å². The summed E-state index contributed by atoms with van der Waals surface area (Å²) < 4.78 is 29.1. The van der Waals surface area contributed by atoms with Crippen molar-refractivity contribution in [1.29, 1.82) is 0 Å². The van der Waals surface area contributed by atoms with E-state index >= 15 is 0 Å². The van der Waals surface area contributed by atoms with Gasteiger partial charge in [0, 0.05) is 23.9 Å². The van der Waals surface area contributed by atoms with Crippen LogP contribution in [-0.4, -0.2) is 31.1 Å². The number of rotatable bonds is 5. The van der Waals surface area contributed by atoms with Crippen LogP contribution < -0.4 is 5.32 Å². The first-order chi connectivity index (χ1) is 18.6.